The predicted octanol–water partition coefficient (Wildman–Crippen LogP) is -1.50. The molecule has 0 aromatic carbocycles. The topological polar surface area (TPSA) is 165 Å². The van der Waals surface area contributed by atoms with Gasteiger partial charge in [-0.3, -0.25) is 19.2 Å². The van der Waals surface area contributed by atoms with Crippen molar-refractivity contribution in [3.05, 3.63) is 0 Å². The molecular weight excluding hydrogens is 304 g/mol. The van der Waals surface area contributed by atoms with Gasteiger partial charge < -0.3 is 27.2 Å². The van der Waals surface area contributed by atoms with Gasteiger partial charge in [0.2, 0.25) is 11.8 Å². The summed E-state index contributed by atoms with van der Waals surface area (Å²) in [5.74, 6) is -2.10. The first-order valence-electron chi connectivity index (χ1n) is 7.57. The van der Waals surface area contributed by atoms with E-state index < -0.39 is 24.0 Å². The minimum atomic E-state index is -1.14. The summed E-state index contributed by atoms with van der Waals surface area (Å²) in [5.41, 5.74) is 10.4. The molecule has 0 aliphatic heterocycles. The van der Waals surface area contributed by atoms with Crippen LogP contribution >= 0.6 is 0 Å². The molecule has 0 rings (SSSR count). The fourth-order valence-corrected chi connectivity index (χ4v) is 1.87. The number of carbonyl (C=O) groups excluding carboxylic acids is 3. The number of carboxylic acids is 1. The number of rotatable bonds is 13. The van der Waals surface area contributed by atoms with Crippen molar-refractivity contribution in [3.63, 3.8) is 0 Å². The van der Waals surface area contributed by atoms with E-state index in [2.05, 4.69) is 10.6 Å². The van der Waals surface area contributed by atoms with E-state index in [1.165, 1.54) is 0 Å². The molecule has 0 heterocycles. The van der Waals surface area contributed by atoms with Gasteiger partial charge in [-0.1, -0.05) is 6.92 Å². The maximum atomic E-state index is 11.9. The largest absolute Gasteiger partial charge is 0.480 e. The highest BCUT2D eigenvalue weighted by Crippen LogP contribution is 2.00. The molecule has 23 heavy (non-hydrogen) atoms. The first-order chi connectivity index (χ1) is 10.8. The fourth-order valence-electron chi connectivity index (χ4n) is 1.87. The molecule has 0 bridgehead atoms. The number of nitrogens with one attached hydrogen (secondary N) is 2. The van der Waals surface area contributed by atoms with E-state index >= 15 is 0 Å². The average Bonchev–Trinajstić information content (AvgIpc) is 2.48. The van der Waals surface area contributed by atoms with Crippen molar-refractivity contribution in [2.75, 3.05) is 13.1 Å². The summed E-state index contributed by atoms with van der Waals surface area (Å²) in [6.07, 6.45) is 0.614. The Morgan fingerprint density at radius 1 is 1.09 bits per heavy atom. The smallest absolute Gasteiger partial charge is 0.320 e. The molecule has 132 valence electrons. The second-order valence-electron chi connectivity index (χ2n) is 5.18. The lowest BCUT2D eigenvalue weighted by molar-refractivity contribution is -0.138. The van der Waals surface area contributed by atoms with Crippen LogP contribution in [0.2, 0.25) is 0 Å². The van der Waals surface area contributed by atoms with Gasteiger partial charge in [0, 0.05) is 25.8 Å². The number of amides is 2. The second kappa shape index (κ2) is 11.6. The molecule has 0 fully saturated rings. The normalized spacial score (nSPS) is 13.1. The molecule has 2 amide bonds. The molecule has 0 aromatic rings. The number of hydrogen-bond acceptors (Lipinski definition) is 6. The Morgan fingerprint density at radius 2 is 1.74 bits per heavy atom. The van der Waals surface area contributed by atoms with Crippen molar-refractivity contribution in [1.82, 2.24) is 10.6 Å². The van der Waals surface area contributed by atoms with Crippen LogP contribution in [0.1, 0.15) is 39.0 Å². The lowest BCUT2D eigenvalue weighted by Crippen LogP contribution is -2.45. The number of nitrogens with two attached hydrogens (primary N) is 2. The molecule has 0 unspecified atom stereocenters. The molecular formula is C14H26N4O5. The molecule has 9 heteroatoms. The number of likely N-dealkylation sites (N-methyl/N-ethyl adjacent to an activating group) is 1. The summed E-state index contributed by atoms with van der Waals surface area (Å²) in [4.78, 5) is 44.8. The standard InChI is InChI=1S/C14H26N4O5/c1-2-17-11(5-6-12(16)20)13(21)18-8-7-9(19)3-4-10(15)14(22)23/h10-11,17H,2-8,15H2,1H3,(H2,16,20)(H,18,21)(H,22,23)/t10-,11-/m0/s1. The van der Waals surface area contributed by atoms with Crippen LogP contribution in [-0.4, -0.2) is 53.8 Å². The number of carbonyl (C=O) groups is 4. The van der Waals surface area contributed by atoms with Crippen LogP contribution < -0.4 is 22.1 Å². The molecule has 7 N–H and O–H groups in total. The van der Waals surface area contributed by atoms with Gasteiger partial charge >= 0.3 is 5.97 Å². The Balaban J connectivity index is 4.07. The van der Waals surface area contributed by atoms with Gasteiger partial charge in [0.25, 0.3) is 0 Å². The lowest BCUT2D eigenvalue weighted by atomic mass is 10.1. The van der Waals surface area contributed by atoms with Crippen LogP contribution in [0, 0.1) is 0 Å². The molecule has 0 saturated heterocycles. The minimum absolute atomic E-state index is 0.0572. The highest BCUT2D eigenvalue weighted by atomic mass is 16.4. The van der Waals surface area contributed by atoms with Crippen LogP contribution in [0.15, 0.2) is 0 Å². The first kappa shape index (κ1) is 21.0. The summed E-state index contributed by atoms with van der Waals surface area (Å²) in [6.45, 7) is 2.54. The molecule has 0 aromatic heterocycles. The van der Waals surface area contributed by atoms with Crippen LogP contribution in [0.3, 0.4) is 0 Å². The zero-order chi connectivity index (χ0) is 17.8. The Morgan fingerprint density at radius 3 is 2.26 bits per heavy atom. The molecule has 9 nitrogen and oxygen atoms in total. The number of carboxylic acid groups (broad SMARTS) is 1. The Hall–Kier alpha value is -2.00. The summed E-state index contributed by atoms with van der Waals surface area (Å²) in [6, 6.07) is -1.59. The van der Waals surface area contributed by atoms with Crippen molar-refractivity contribution in [1.29, 1.82) is 0 Å². The molecule has 0 aliphatic carbocycles. The molecule has 0 radical (unpaired) electrons. The van der Waals surface area contributed by atoms with Crippen molar-refractivity contribution < 1.29 is 24.3 Å². The third-order valence-electron chi connectivity index (χ3n) is 3.20. The van der Waals surface area contributed by atoms with E-state index in [1.807, 2.05) is 6.92 Å². The van der Waals surface area contributed by atoms with Crippen molar-refractivity contribution in [2.24, 2.45) is 11.5 Å². The van der Waals surface area contributed by atoms with Gasteiger partial charge in [0.15, 0.2) is 0 Å². The van der Waals surface area contributed by atoms with Crippen molar-refractivity contribution >= 4 is 23.6 Å². The number of Topliss-reactive ketones (excluding diaryl/α,β-unsaturated/α-hetero) is 1. The first-order valence-corrected chi connectivity index (χ1v) is 7.57. The van der Waals surface area contributed by atoms with Gasteiger partial charge in [-0.15, -0.1) is 0 Å². The van der Waals surface area contributed by atoms with Crippen LogP contribution in [0.4, 0.5) is 0 Å². The maximum absolute atomic E-state index is 11.9. The molecule has 0 spiro atoms. The monoisotopic (exact) mass is 330 g/mol. The lowest BCUT2D eigenvalue weighted by Gasteiger charge is -2.16. The third-order valence-corrected chi connectivity index (χ3v) is 3.20. The Bertz CT molecular complexity index is 427. The zero-order valence-corrected chi connectivity index (χ0v) is 13.3. The van der Waals surface area contributed by atoms with Crippen LogP contribution in [0.25, 0.3) is 0 Å². The third kappa shape index (κ3) is 10.4. The van der Waals surface area contributed by atoms with Gasteiger partial charge in [-0.2, -0.15) is 0 Å². The highest BCUT2D eigenvalue weighted by molar-refractivity contribution is 5.84. The number of aliphatic carboxylic acids is 1. The molecule has 0 aliphatic rings. The summed E-state index contributed by atoms with van der Waals surface area (Å²) in [5, 5.41) is 14.2. The van der Waals surface area contributed by atoms with E-state index in [0.29, 0.717) is 6.54 Å². The van der Waals surface area contributed by atoms with E-state index in [9.17, 15) is 19.2 Å². The summed E-state index contributed by atoms with van der Waals surface area (Å²) >= 11 is 0. The summed E-state index contributed by atoms with van der Waals surface area (Å²) < 4.78 is 0. The van der Waals surface area contributed by atoms with Gasteiger partial charge in [-0.05, 0) is 19.4 Å². The Labute approximate surface area is 135 Å². The summed E-state index contributed by atoms with van der Waals surface area (Å²) in [7, 11) is 0. The molecule has 2 atom stereocenters. The van der Waals surface area contributed by atoms with E-state index in [1.54, 1.807) is 0 Å². The van der Waals surface area contributed by atoms with E-state index in [4.69, 9.17) is 16.6 Å². The van der Waals surface area contributed by atoms with E-state index in [0.717, 1.165) is 0 Å². The van der Waals surface area contributed by atoms with Crippen molar-refractivity contribution in [3.8, 4) is 0 Å². The SMILES string of the molecule is CCN[C@@H](CCC(N)=O)C(=O)NCCC(=O)CC[C@H](N)C(=O)O. The second-order valence-corrected chi connectivity index (χ2v) is 5.18. The fraction of sp³-hybridized carbons (Fsp3) is 0.714. The van der Waals surface area contributed by atoms with Crippen molar-refractivity contribution in [2.45, 2.75) is 51.1 Å². The molecule has 0 saturated carbocycles. The highest BCUT2D eigenvalue weighted by Gasteiger charge is 2.18. The van der Waals surface area contributed by atoms with Gasteiger partial charge in [0.05, 0.1) is 6.04 Å². The van der Waals surface area contributed by atoms with Gasteiger partial charge in [-0.25, -0.2) is 0 Å². The minimum Gasteiger partial charge on any atom is -0.480 e. The average molecular weight is 330 g/mol. The zero-order valence-electron chi connectivity index (χ0n) is 13.3. The van der Waals surface area contributed by atoms with Crippen LogP contribution in [-0.2, 0) is 19.2 Å². The van der Waals surface area contributed by atoms with E-state index in [-0.39, 0.29) is 50.3 Å². The van der Waals surface area contributed by atoms with Crippen LogP contribution in [0.5, 0.6) is 0 Å². The number of hydrogen-bond donors (Lipinski definition) is 5. The number of ketones is 1. The Kier molecular flexibility index (Phi) is 10.5. The predicted molar refractivity (Wildman–Crippen MR) is 83.4 cm³/mol. The maximum Gasteiger partial charge on any atom is 0.320 e. The number of primary amides is 1. The van der Waals surface area contributed by atoms with Gasteiger partial charge in [0.1, 0.15) is 11.8 Å². The quantitative estimate of drug-likeness (QED) is 0.274.